The molecule has 1 aliphatic rings. The summed E-state index contributed by atoms with van der Waals surface area (Å²) < 4.78 is 5.60. The van der Waals surface area contributed by atoms with Crippen LogP contribution in [0.25, 0.3) is 0 Å². The first-order valence-corrected chi connectivity index (χ1v) is 6.83. The first-order valence-electron chi connectivity index (χ1n) is 6.38. The molecule has 0 aromatic carbocycles. The zero-order valence-corrected chi connectivity index (χ0v) is 11.7. The van der Waals surface area contributed by atoms with Crippen molar-refractivity contribution in [1.29, 1.82) is 0 Å². The molecular formula is C12H24N2O2S. The van der Waals surface area contributed by atoms with E-state index in [0.29, 0.717) is 6.54 Å². The van der Waals surface area contributed by atoms with Crippen LogP contribution in [-0.4, -0.2) is 49.0 Å². The fraction of sp³-hybridized carbons (Fsp3) is 0.917. The lowest BCUT2D eigenvalue weighted by Crippen LogP contribution is -2.47. The van der Waals surface area contributed by atoms with Crippen molar-refractivity contribution in [1.82, 2.24) is 10.2 Å². The van der Waals surface area contributed by atoms with Gasteiger partial charge in [0.2, 0.25) is 0 Å². The third-order valence-corrected chi connectivity index (χ3v) is 3.12. The van der Waals surface area contributed by atoms with Gasteiger partial charge in [-0.05, 0) is 25.3 Å². The summed E-state index contributed by atoms with van der Waals surface area (Å²) in [5, 5.41) is 2.40. The van der Waals surface area contributed by atoms with Crippen LogP contribution in [0, 0.1) is 5.92 Å². The van der Waals surface area contributed by atoms with E-state index < -0.39 is 0 Å². The molecule has 4 nitrogen and oxygen atoms in total. The average Bonchev–Trinajstić information content (AvgIpc) is 2.26. The summed E-state index contributed by atoms with van der Waals surface area (Å²) in [6.07, 6.45) is 2.62. The maximum absolute atomic E-state index is 10.7. The number of hydrogen-bond acceptors (Lipinski definition) is 3. The van der Waals surface area contributed by atoms with Crippen LogP contribution in [0.4, 0.5) is 4.79 Å². The van der Waals surface area contributed by atoms with Gasteiger partial charge in [0.1, 0.15) is 0 Å². The van der Waals surface area contributed by atoms with E-state index in [1.165, 1.54) is 12.8 Å². The molecule has 5 heteroatoms. The molecule has 0 aliphatic carbocycles. The molecule has 0 bridgehead atoms. The van der Waals surface area contributed by atoms with Gasteiger partial charge in [-0.3, -0.25) is 9.69 Å². The number of hydrogen-bond donors (Lipinski definition) is 2. The number of ether oxygens (including phenoxy) is 1. The highest BCUT2D eigenvalue weighted by molar-refractivity contribution is 7.96. The van der Waals surface area contributed by atoms with Crippen LogP contribution in [-0.2, 0) is 4.74 Å². The van der Waals surface area contributed by atoms with Crippen molar-refractivity contribution in [2.24, 2.45) is 5.92 Å². The molecule has 1 saturated heterocycles. The Labute approximate surface area is 109 Å². The van der Waals surface area contributed by atoms with Gasteiger partial charge in [0.25, 0.3) is 5.24 Å². The number of thiol groups is 1. The fourth-order valence-corrected chi connectivity index (χ4v) is 2.12. The Hall–Kier alpha value is -0.260. The molecule has 1 aliphatic heterocycles. The smallest absolute Gasteiger partial charge is 0.276 e. The molecule has 1 rings (SSSR count). The molecule has 1 atom stereocenters. The predicted molar refractivity (Wildman–Crippen MR) is 72.6 cm³/mol. The molecule has 0 radical (unpaired) electrons. The van der Waals surface area contributed by atoms with Gasteiger partial charge >= 0.3 is 0 Å². The Morgan fingerprint density at radius 2 is 2.35 bits per heavy atom. The Bertz CT molecular complexity index is 237. The first-order chi connectivity index (χ1) is 8.08. The van der Waals surface area contributed by atoms with Gasteiger partial charge in [-0.1, -0.05) is 26.5 Å². The van der Waals surface area contributed by atoms with Crippen LogP contribution in [0.3, 0.4) is 0 Å². The summed E-state index contributed by atoms with van der Waals surface area (Å²) in [4.78, 5) is 13.1. The van der Waals surface area contributed by atoms with Crippen molar-refractivity contribution < 1.29 is 9.53 Å². The second-order valence-electron chi connectivity index (χ2n) is 5.02. The number of amides is 1. The van der Waals surface area contributed by atoms with Gasteiger partial charge in [-0.2, -0.15) is 0 Å². The Morgan fingerprint density at radius 3 is 3.00 bits per heavy atom. The number of carbonyl (C=O) groups excluding carboxylic acids is 1. The van der Waals surface area contributed by atoms with Crippen LogP contribution in [0.1, 0.15) is 26.7 Å². The predicted octanol–water partition coefficient (Wildman–Crippen LogP) is 1.76. The SMILES string of the molecule is CC(C)CCCN1CCO[C@@H](CNC(=O)S)C1. The number of nitrogens with zero attached hydrogens (tertiary/aromatic N) is 1. The minimum absolute atomic E-state index is 0.110. The molecule has 0 unspecified atom stereocenters. The summed E-state index contributed by atoms with van der Waals surface area (Å²) in [6.45, 7) is 8.87. The highest BCUT2D eigenvalue weighted by Gasteiger charge is 2.20. The lowest BCUT2D eigenvalue weighted by molar-refractivity contribution is -0.0260. The Kier molecular flexibility index (Phi) is 6.92. The largest absolute Gasteiger partial charge is 0.374 e. The van der Waals surface area contributed by atoms with Crippen LogP contribution in [0.15, 0.2) is 0 Å². The van der Waals surface area contributed by atoms with Gasteiger partial charge in [0.05, 0.1) is 12.7 Å². The second-order valence-corrected chi connectivity index (χ2v) is 5.42. The zero-order chi connectivity index (χ0) is 12.7. The van der Waals surface area contributed by atoms with Crippen molar-refractivity contribution in [2.75, 3.05) is 32.8 Å². The molecular weight excluding hydrogens is 236 g/mol. The number of carbonyl (C=O) groups is 1. The van der Waals surface area contributed by atoms with Crippen LogP contribution in [0.2, 0.25) is 0 Å². The van der Waals surface area contributed by atoms with E-state index in [2.05, 4.69) is 36.7 Å². The molecule has 1 N–H and O–H groups in total. The van der Waals surface area contributed by atoms with E-state index in [-0.39, 0.29) is 11.3 Å². The summed E-state index contributed by atoms with van der Waals surface area (Å²) in [6, 6.07) is 0. The second kappa shape index (κ2) is 7.95. The highest BCUT2D eigenvalue weighted by atomic mass is 32.1. The van der Waals surface area contributed by atoms with E-state index in [1.54, 1.807) is 0 Å². The molecule has 1 amide bonds. The maximum atomic E-state index is 10.7. The van der Waals surface area contributed by atoms with E-state index >= 15 is 0 Å². The molecule has 0 aromatic rings. The van der Waals surface area contributed by atoms with Crippen molar-refractivity contribution in [3.8, 4) is 0 Å². The Balaban J connectivity index is 2.17. The topological polar surface area (TPSA) is 41.6 Å². The molecule has 0 spiro atoms. The zero-order valence-electron chi connectivity index (χ0n) is 10.8. The van der Waals surface area contributed by atoms with Gasteiger partial charge in [-0.25, -0.2) is 0 Å². The third kappa shape index (κ3) is 6.91. The Morgan fingerprint density at radius 1 is 1.59 bits per heavy atom. The quantitative estimate of drug-likeness (QED) is 0.715. The van der Waals surface area contributed by atoms with Gasteiger partial charge in [0.15, 0.2) is 0 Å². The average molecular weight is 260 g/mol. The molecule has 0 aromatic heterocycles. The normalized spacial score (nSPS) is 21.8. The lowest BCUT2D eigenvalue weighted by atomic mass is 10.1. The minimum Gasteiger partial charge on any atom is -0.374 e. The first kappa shape index (κ1) is 14.8. The van der Waals surface area contributed by atoms with E-state index in [1.807, 2.05) is 0 Å². The van der Waals surface area contributed by atoms with Gasteiger partial charge < -0.3 is 10.1 Å². The van der Waals surface area contributed by atoms with Crippen molar-refractivity contribution in [3.63, 3.8) is 0 Å². The molecule has 1 heterocycles. The van der Waals surface area contributed by atoms with Crippen molar-refractivity contribution in [3.05, 3.63) is 0 Å². The van der Waals surface area contributed by atoms with Crippen LogP contribution in [0.5, 0.6) is 0 Å². The number of morpholine rings is 1. The molecule has 1 fully saturated rings. The number of rotatable bonds is 6. The van der Waals surface area contributed by atoms with E-state index in [0.717, 1.165) is 32.2 Å². The summed E-state index contributed by atoms with van der Waals surface area (Å²) >= 11 is 3.68. The van der Waals surface area contributed by atoms with Crippen LogP contribution >= 0.6 is 12.6 Å². The van der Waals surface area contributed by atoms with Gasteiger partial charge in [-0.15, -0.1) is 0 Å². The van der Waals surface area contributed by atoms with E-state index in [9.17, 15) is 4.79 Å². The highest BCUT2D eigenvalue weighted by Crippen LogP contribution is 2.09. The molecule has 100 valence electrons. The van der Waals surface area contributed by atoms with Gasteiger partial charge in [0, 0.05) is 19.6 Å². The molecule has 17 heavy (non-hydrogen) atoms. The van der Waals surface area contributed by atoms with Crippen LogP contribution < -0.4 is 5.32 Å². The van der Waals surface area contributed by atoms with Crippen molar-refractivity contribution in [2.45, 2.75) is 32.8 Å². The standard InChI is InChI=1S/C12H24N2O2S/c1-10(2)4-3-5-14-6-7-16-11(9-14)8-13-12(15)17/h10-11H,3-9H2,1-2H3,(H2,13,15,17)/t11-/m0/s1. The monoisotopic (exact) mass is 260 g/mol. The summed E-state index contributed by atoms with van der Waals surface area (Å²) in [5.74, 6) is 0.773. The molecule has 0 saturated carbocycles. The lowest BCUT2D eigenvalue weighted by Gasteiger charge is -2.33. The van der Waals surface area contributed by atoms with E-state index in [4.69, 9.17) is 4.74 Å². The van der Waals surface area contributed by atoms with Crippen molar-refractivity contribution >= 4 is 17.9 Å². The fourth-order valence-electron chi connectivity index (χ4n) is 2.03. The maximum Gasteiger partial charge on any atom is 0.276 e. The summed E-state index contributed by atoms with van der Waals surface area (Å²) in [5.41, 5.74) is 0. The summed E-state index contributed by atoms with van der Waals surface area (Å²) in [7, 11) is 0. The third-order valence-electron chi connectivity index (χ3n) is 2.96. The number of nitrogens with one attached hydrogen (secondary N) is 1. The minimum atomic E-state index is -0.287.